The third kappa shape index (κ3) is 4.88. The molecule has 1 heterocycles. The normalized spacial score (nSPS) is 18.2. The van der Waals surface area contributed by atoms with Crippen molar-refractivity contribution in [2.24, 2.45) is 0 Å². The summed E-state index contributed by atoms with van der Waals surface area (Å²) in [7, 11) is 3.14. The summed E-state index contributed by atoms with van der Waals surface area (Å²) in [6, 6.07) is 14.2. The number of hydrogen-bond acceptors (Lipinski definition) is 5. The fraction of sp³-hybridized carbons (Fsp3) is 0.364. The number of nitrogens with one attached hydrogen (secondary N) is 2. The summed E-state index contributed by atoms with van der Waals surface area (Å²) in [4.78, 5) is 27.8. The van der Waals surface area contributed by atoms with Crippen molar-refractivity contribution in [2.45, 2.75) is 18.3 Å². The minimum absolute atomic E-state index is 0.189. The largest absolute Gasteiger partial charge is 0.495 e. The van der Waals surface area contributed by atoms with E-state index in [2.05, 4.69) is 10.6 Å². The predicted molar refractivity (Wildman–Crippen MR) is 119 cm³/mol. The first-order valence-electron chi connectivity index (χ1n) is 9.73. The third-order valence-electron chi connectivity index (χ3n) is 4.95. The molecular weight excluding hydrogens is 402 g/mol. The topological polar surface area (TPSA) is 79.9 Å². The Morgan fingerprint density at radius 2 is 1.87 bits per heavy atom. The second-order valence-corrected chi connectivity index (χ2v) is 7.99. The quantitative estimate of drug-likeness (QED) is 0.660. The number of rotatable bonds is 7. The number of para-hydroxylation sites is 2. The molecule has 1 saturated heterocycles. The van der Waals surface area contributed by atoms with Crippen LogP contribution in [0.2, 0.25) is 0 Å². The van der Waals surface area contributed by atoms with E-state index in [1.54, 1.807) is 43.0 Å². The van der Waals surface area contributed by atoms with E-state index in [1.807, 2.05) is 43.3 Å². The van der Waals surface area contributed by atoms with E-state index in [0.717, 1.165) is 11.1 Å². The van der Waals surface area contributed by atoms with Crippen molar-refractivity contribution in [2.75, 3.05) is 38.4 Å². The summed E-state index contributed by atoms with van der Waals surface area (Å²) in [5.74, 6) is 0.883. The fourth-order valence-electron chi connectivity index (χ4n) is 3.38. The van der Waals surface area contributed by atoms with Crippen LogP contribution in [-0.2, 0) is 9.53 Å². The summed E-state index contributed by atoms with van der Waals surface area (Å²) in [6.45, 7) is 2.83. The Kier molecular flexibility index (Phi) is 7.59. The number of ether oxygens (including phenoxy) is 2. The van der Waals surface area contributed by atoms with Gasteiger partial charge in [-0.25, -0.2) is 4.79 Å². The van der Waals surface area contributed by atoms with Crippen LogP contribution < -0.4 is 15.4 Å². The number of anilines is 1. The van der Waals surface area contributed by atoms with E-state index < -0.39 is 6.04 Å². The highest BCUT2D eigenvalue weighted by Crippen LogP contribution is 2.43. The van der Waals surface area contributed by atoms with Crippen LogP contribution in [0.4, 0.5) is 10.5 Å². The van der Waals surface area contributed by atoms with Crippen LogP contribution in [0.25, 0.3) is 0 Å². The van der Waals surface area contributed by atoms with Crippen molar-refractivity contribution in [3.05, 3.63) is 59.7 Å². The van der Waals surface area contributed by atoms with E-state index in [0.29, 0.717) is 30.3 Å². The molecule has 2 aromatic rings. The number of nitrogens with zero attached hydrogens (tertiary/aromatic N) is 1. The van der Waals surface area contributed by atoms with Gasteiger partial charge in [0.05, 0.1) is 19.4 Å². The van der Waals surface area contributed by atoms with Crippen molar-refractivity contribution in [3.63, 3.8) is 0 Å². The van der Waals surface area contributed by atoms with Gasteiger partial charge in [0.15, 0.2) is 0 Å². The minimum atomic E-state index is -0.592. The molecule has 0 saturated carbocycles. The van der Waals surface area contributed by atoms with Crippen LogP contribution in [0.5, 0.6) is 5.75 Å². The smallest absolute Gasteiger partial charge is 0.323 e. The van der Waals surface area contributed by atoms with E-state index in [1.165, 1.54) is 0 Å². The Bertz CT molecular complexity index is 892. The lowest BCUT2D eigenvalue weighted by Gasteiger charge is -2.30. The van der Waals surface area contributed by atoms with Crippen LogP contribution in [0.3, 0.4) is 0 Å². The average molecular weight is 430 g/mol. The van der Waals surface area contributed by atoms with Gasteiger partial charge < -0.3 is 20.1 Å². The molecule has 2 N–H and O–H groups in total. The van der Waals surface area contributed by atoms with Crippen LogP contribution >= 0.6 is 11.8 Å². The Morgan fingerprint density at radius 3 is 2.60 bits per heavy atom. The highest BCUT2D eigenvalue weighted by Gasteiger charge is 2.42. The average Bonchev–Trinajstić information content (AvgIpc) is 3.19. The number of methoxy groups -OCH3 is 2. The molecule has 2 atom stereocenters. The zero-order valence-electron chi connectivity index (χ0n) is 17.4. The monoisotopic (exact) mass is 429 g/mol. The number of amides is 3. The lowest BCUT2D eigenvalue weighted by atomic mass is 10.1. The van der Waals surface area contributed by atoms with Crippen LogP contribution in [-0.4, -0.2) is 56.0 Å². The molecule has 7 nitrogen and oxygen atoms in total. The van der Waals surface area contributed by atoms with Gasteiger partial charge >= 0.3 is 6.03 Å². The molecule has 0 radical (unpaired) electrons. The van der Waals surface area contributed by atoms with E-state index in [-0.39, 0.29) is 17.3 Å². The molecule has 0 aliphatic carbocycles. The van der Waals surface area contributed by atoms with Crippen LogP contribution in [0, 0.1) is 6.92 Å². The van der Waals surface area contributed by atoms with Crippen molar-refractivity contribution < 1.29 is 19.1 Å². The Balaban J connectivity index is 1.88. The highest BCUT2D eigenvalue weighted by molar-refractivity contribution is 7.99. The van der Waals surface area contributed by atoms with Gasteiger partial charge in [-0.3, -0.25) is 9.69 Å². The number of aryl methyl sites for hydroxylation is 1. The summed E-state index contributed by atoms with van der Waals surface area (Å²) < 4.78 is 10.4. The number of carbonyl (C=O) groups excluding carboxylic acids is 2. The number of benzene rings is 2. The second-order valence-electron chi connectivity index (χ2n) is 6.88. The molecular formula is C22H27N3O4S. The third-order valence-corrected chi connectivity index (χ3v) is 6.25. The first-order valence-corrected chi connectivity index (χ1v) is 10.8. The van der Waals surface area contributed by atoms with Gasteiger partial charge in [0.1, 0.15) is 17.2 Å². The van der Waals surface area contributed by atoms with Crippen molar-refractivity contribution in [3.8, 4) is 5.75 Å². The predicted octanol–water partition coefficient (Wildman–Crippen LogP) is 3.41. The van der Waals surface area contributed by atoms with E-state index >= 15 is 0 Å². The molecule has 0 spiro atoms. The maximum Gasteiger partial charge on any atom is 0.323 e. The van der Waals surface area contributed by atoms with Gasteiger partial charge in [-0.1, -0.05) is 36.4 Å². The Labute approximate surface area is 181 Å². The standard InChI is InChI=1S/C22H27N3O4S/c1-15-8-4-5-9-16(15)21-25(18(14-30-21)20(26)23-12-13-28-2)22(27)24-17-10-6-7-11-19(17)29-3/h4-11,18,21H,12-14H2,1-3H3,(H,23,26)(H,24,27). The molecule has 3 rings (SSSR count). The van der Waals surface area contributed by atoms with Gasteiger partial charge in [0, 0.05) is 19.4 Å². The summed E-state index contributed by atoms with van der Waals surface area (Å²) in [6.07, 6.45) is 0. The molecule has 1 aliphatic heterocycles. The molecule has 30 heavy (non-hydrogen) atoms. The summed E-state index contributed by atoms with van der Waals surface area (Å²) in [5, 5.41) is 5.51. The molecule has 1 fully saturated rings. The van der Waals surface area contributed by atoms with Gasteiger partial charge in [-0.2, -0.15) is 0 Å². The number of hydrogen-bond donors (Lipinski definition) is 2. The first kappa shape index (κ1) is 22.0. The van der Waals surface area contributed by atoms with Crippen molar-refractivity contribution >= 4 is 29.4 Å². The van der Waals surface area contributed by atoms with Crippen molar-refractivity contribution in [1.29, 1.82) is 0 Å². The zero-order chi connectivity index (χ0) is 21.5. The first-order chi connectivity index (χ1) is 14.6. The maximum atomic E-state index is 13.4. The van der Waals surface area contributed by atoms with Crippen LogP contribution in [0.1, 0.15) is 16.5 Å². The Morgan fingerprint density at radius 1 is 1.13 bits per heavy atom. The molecule has 0 bridgehead atoms. The summed E-state index contributed by atoms with van der Waals surface area (Å²) in [5.41, 5.74) is 2.65. The maximum absolute atomic E-state index is 13.4. The van der Waals surface area contributed by atoms with Gasteiger partial charge in [0.2, 0.25) is 5.91 Å². The summed E-state index contributed by atoms with van der Waals surface area (Å²) >= 11 is 1.58. The van der Waals surface area contributed by atoms with Gasteiger partial charge in [0.25, 0.3) is 0 Å². The molecule has 3 amide bonds. The second kappa shape index (κ2) is 10.4. The molecule has 1 aliphatic rings. The van der Waals surface area contributed by atoms with E-state index in [9.17, 15) is 9.59 Å². The Hall–Kier alpha value is -2.71. The molecule has 2 aromatic carbocycles. The molecule has 160 valence electrons. The lowest BCUT2D eigenvalue weighted by molar-refractivity contribution is -0.124. The number of carbonyl (C=O) groups is 2. The van der Waals surface area contributed by atoms with Gasteiger partial charge in [-0.15, -0.1) is 11.8 Å². The van der Waals surface area contributed by atoms with Crippen molar-refractivity contribution in [1.82, 2.24) is 10.2 Å². The van der Waals surface area contributed by atoms with E-state index in [4.69, 9.17) is 9.47 Å². The van der Waals surface area contributed by atoms with Crippen LogP contribution in [0.15, 0.2) is 48.5 Å². The molecule has 2 unspecified atom stereocenters. The number of thioether (sulfide) groups is 1. The fourth-order valence-corrected chi connectivity index (χ4v) is 4.91. The molecule has 8 heteroatoms. The lowest BCUT2D eigenvalue weighted by Crippen LogP contribution is -2.50. The number of urea groups is 1. The molecule has 0 aromatic heterocycles. The zero-order valence-corrected chi connectivity index (χ0v) is 18.2. The SMILES string of the molecule is COCCNC(=O)C1CSC(c2ccccc2C)N1C(=O)Nc1ccccc1OC. The highest BCUT2D eigenvalue weighted by atomic mass is 32.2. The van der Waals surface area contributed by atoms with Gasteiger partial charge in [-0.05, 0) is 30.2 Å². The minimum Gasteiger partial charge on any atom is -0.495 e.